The van der Waals surface area contributed by atoms with Crippen LogP contribution in [0.25, 0.3) is 0 Å². The van der Waals surface area contributed by atoms with Crippen molar-refractivity contribution < 1.29 is 0 Å². The van der Waals surface area contributed by atoms with Crippen LogP contribution >= 0.6 is 12.4 Å². The Balaban J connectivity index is 0.000000845. The number of fused-ring (bicyclic) bond motifs is 1. The van der Waals surface area contributed by atoms with E-state index in [2.05, 4.69) is 31.3 Å². The molecule has 0 saturated heterocycles. The Morgan fingerprint density at radius 3 is 2.77 bits per heavy atom. The molecule has 1 aliphatic rings. The molecule has 1 aliphatic heterocycles. The number of nitrogens with one attached hydrogen (secondary N) is 1. The molecule has 0 fully saturated rings. The molecule has 0 saturated carbocycles. The molecule has 0 bridgehead atoms. The Kier molecular flexibility index (Phi) is 3.21. The topological polar surface area (TPSA) is 12.0 Å². The summed E-state index contributed by atoms with van der Waals surface area (Å²) >= 11 is 0. The van der Waals surface area contributed by atoms with E-state index < -0.39 is 0 Å². The lowest BCUT2D eigenvalue weighted by molar-refractivity contribution is 0.826. The van der Waals surface area contributed by atoms with Gasteiger partial charge in [0, 0.05) is 12.2 Å². The van der Waals surface area contributed by atoms with Gasteiger partial charge in [-0.2, -0.15) is 0 Å². The summed E-state index contributed by atoms with van der Waals surface area (Å²) in [5.41, 5.74) is 5.66. The van der Waals surface area contributed by atoms with Crippen molar-refractivity contribution >= 4 is 18.1 Å². The summed E-state index contributed by atoms with van der Waals surface area (Å²) in [7, 11) is 0. The standard InChI is InChI=1S/C11H15N.ClH/c1-8-6-9(2)11-10(7-8)4-3-5-12-11;/h6-7,12H,3-5H2,1-2H3;1H. The Morgan fingerprint density at radius 2 is 2.00 bits per heavy atom. The molecular formula is C11H16ClN. The normalized spacial score (nSPS) is 14.0. The van der Waals surface area contributed by atoms with E-state index in [0.717, 1.165) is 6.54 Å². The average Bonchev–Trinajstić information content (AvgIpc) is 2.04. The molecule has 0 radical (unpaired) electrons. The highest BCUT2D eigenvalue weighted by Crippen LogP contribution is 2.26. The molecule has 72 valence electrons. The van der Waals surface area contributed by atoms with Crippen LogP contribution in [0.4, 0.5) is 5.69 Å². The Morgan fingerprint density at radius 1 is 1.23 bits per heavy atom. The van der Waals surface area contributed by atoms with Crippen molar-refractivity contribution in [2.45, 2.75) is 26.7 Å². The fraction of sp³-hybridized carbons (Fsp3) is 0.455. The molecule has 0 unspecified atom stereocenters. The second-order valence-corrected chi connectivity index (χ2v) is 3.65. The Hall–Kier alpha value is -0.690. The summed E-state index contributed by atoms with van der Waals surface area (Å²) in [6, 6.07) is 4.55. The Labute approximate surface area is 86.0 Å². The van der Waals surface area contributed by atoms with Crippen LogP contribution in [0.1, 0.15) is 23.1 Å². The molecule has 1 N–H and O–H groups in total. The maximum Gasteiger partial charge on any atom is 0.0402 e. The molecule has 0 aromatic heterocycles. The molecule has 0 spiro atoms. The molecule has 13 heavy (non-hydrogen) atoms. The van der Waals surface area contributed by atoms with Crippen LogP contribution in [0.15, 0.2) is 12.1 Å². The fourth-order valence-electron chi connectivity index (χ4n) is 2.00. The van der Waals surface area contributed by atoms with E-state index in [1.165, 1.54) is 35.2 Å². The monoisotopic (exact) mass is 197 g/mol. The van der Waals surface area contributed by atoms with Gasteiger partial charge in [0.15, 0.2) is 0 Å². The first-order valence-electron chi connectivity index (χ1n) is 4.61. The van der Waals surface area contributed by atoms with Gasteiger partial charge in [-0.15, -0.1) is 12.4 Å². The number of halogens is 1. The van der Waals surface area contributed by atoms with Crippen molar-refractivity contribution in [3.8, 4) is 0 Å². The molecule has 1 nitrogen and oxygen atoms in total. The van der Waals surface area contributed by atoms with E-state index in [0.29, 0.717) is 0 Å². The number of aryl methyl sites for hydroxylation is 3. The summed E-state index contributed by atoms with van der Waals surface area (Å²) in [6.07, 6.45) is 2.51. The lowest BCUT2D eigenvalue weighted by Gasteiger charge is -2.20. The van der Waals surface area contributed by atoms with Crippen LogP contribution in [-0.2, 0) is 6.42 Å². The third kappa shape index (κ3) is 1.97. The van der Waals surface area contributed by atoms with Gasteiger partial charge in [-0.25, -0.2) is 0 Å². The van der Waals surface area contributed by atoms with Gasteiger partial charge in [0.2, 0.25) is 0 Å². The zero-order valence-corrected chi connectivity index (χ0v) is 9.00. The average molecular weight is 198 g/mol. The molecular weight excluding hydrogens is 182 g/mol. The third-order valence-electron chi connectivity index (χ3n) is 2.49. The van der Waals surface area contributed by atoms with E-state index >= 15 is 0 Å². The van der Waals surface area contributed by atoms with Gasteiger partial charge in [0.1, 0.15) is 0 Å². The predicted octanol–water partition coefficient (Wildman–Crippen LogP) is 3.08. The van der Waals surface area contributed by atoms with Crippen molar-refractivity contribution in [2.24, 2.45) is 0 Å². The zero-order chi connectivity index (χ0) is 8.55. The quantitative estimate of drug-likeness (QED) is 0.674. The van der Waals surface area contributed by atoms with Crippen LogP contribution < -0.4 is 5.32 Å². The first-order chi connectivity index (χ1) is 5.77. The number of hydrogen-bond donors (Lipinski definition) is 1. The maximum absolute atomic E-state index is 3.46. The molecule has 0 atom stereocenters. The maximum atomic E-state index is 3.46. The summed E-state index contributed by atoms with van der Waals surface area (Å²) in [5.74, 6) is 0. The van der Waals surface area contributed by atoms with E-state index in [9.17, 15) is 0 Å². The van der Waals surface area contributed by atoms with Gasteiger partial charge < -0.3 is 5.32 Å². The minimum absolute atomic E-state index is 0. The smallest absolute Gasteiger partial charge is 0.0402 e. The molecule has 0 aliphatic carbocycles. The van der Waals surface area contributed by atoms with Crippen LogP contribution in [0.5, 0.6) is 0 Å². The van der Waals surface area contributed by atoms with E-state index in [1.54, 1.807) is 0 Å². The molecule has 2 rings (SSSR count). The van der Waals surface area contributed by atoms with Crippen LogP contribution in [-0.4, -0.2) is 6.54 Å². The summed E-state index contributed by atoms with van der Waals surface area (Å²) in [4.78, 5) is 0. The minimum atomic E-state index is 0. The summed E-state index contributed by atoms with van der Waals surface area (Å²) in [5, 5.41) is 3.46. The number of hydrogen-bond acceptors (Lipinski definition) is 1. The molecule has 1 heterocycles. The van der Waals surface area contributed by atoms with Crippen LogP contribution in [0, 0.1) is 13.8 Å². The lowest BCUT2D eigenvalue weighted by atomic mass is 9.98. The van der Waals surface area contributed by atoms with Gasteiger partial charge in [0.05, 0.1) is 0 Å². The number of anilines is 1. The van der Waals surface area contributed by atoms with Crippen molar-refractivity contribution in [1.29, 1.82) is 0 Å². The van der Waals surface area contributed by atoms with Gasteiger partial charge in [0.25, 0.3) is 0 Å². The fourth-order valence-corrected chi connectivity index (χ4v) is 2.00. The molecule has 1 aromatic rings. The highest BCUT2D eigenvalue weighted by atomic mass is 35.5. The van der Waals surface area contributed by atoms with E-state index in [1.807, 2.05) is 0 Å². The first kappa shape index (κ1) is 10.4. The SMILES string of the molecule is Cc1cc(C)c2c(c1)CCCN2.Cl. The Bertz CT molecular complexity index is 307. The minimum Gasteiger partial charge on any atom is -0.385 e. The van der Waals surface area contributed by atoms with Gasteiger partial charge >= 0.3 is 0 Å². The van der Waals surface area contributed by atoms with E-state index in [-0.39, 0.29) is 12.4 Å². The van der Waals surface area contributed by atoms with Gasteiger partial charge in [-0.3, -0.25) is 0 Å². The highest BCUT2D eigenvalue weighted by molar-refractivity contribution is 5.85. The second kappa shape index (κ2) is 4.01. The van der Waals surface area contributed by atoms with E-state index in [4.69, 9.17) is 0 Å². The van der Waals surface area contributed by atoms with Crippen LogP contribution in [0.3, 0.4) is 0 Å². The highest BCUT2D eigenvalue weighted by Gasteiger charge is 2.10. The van der Waals surface area contributed by atoms with Crippen molar-refractivity contribution in [2.75, 3.05) is 11.9 Å². The lowest BCUT2D eigenvalue weighted by Crippen LogP contribution is -2.13. The van der Waals surface area contributed by atoms with Crippen molar-refractivity contribution in [3.05, 3.63) is 28.8 Å². The predicted molar refractivity (Wildman–Crippen MR) is 60.0 cm³/mol. The van der Waals surface area contributed by atoms with Gasteiger partial charge in [-0.05, 0) is 37.8 Å². The summed E-state index contributed by atoms with van der Waals surface area (Å²) < 4.78 is 0. The second-order valence-electron chi connectivity index (χ2n) is 3.65. The number of benzene rings is 1. The molecule has 2 heteroatoms. The van der Waals surface area contributed by atoms with Crippen LogP contribution in [0.2, 0.25) is 0 Å². The van der Waals surface area contributed by atoms with Crippen molar-refractivity contribution in [1.82, 2.24) is 0 Å². The molecule has 1 aromatic carbocycles. The van der Waals surface area contributed by atoms with Gasteiger partial charge in [-0.1, -0.05) is 17.7 Å². The van der Waals surface area contributed by atoms with Crippen molar-refractivity contribution in [3.63, 3.8) is 0 Å². The molecule has 0 amide bonds. The first-order valence-corrected chi connectivity index (χ1v) is 4.61. The zero-order valence-electron chi connectivity index (χ0n) is 8.18. The summed E-state index contributed by atoms with van der Waals surface area (Å²) in [6.45, 7) is 5.49. The third-order valence-corrected chi connectivity index (χ3v) is 2.49. The number of rotatable bonds is 0. The largest absolute Gasteiger partial charge is 0.385 e.